The third-order valence-corrected chi connectivity index (χ3v) is 3.07. The first-order valence-electron chi connectivity index (χ1n) is 5.19. The largest absolute Gasteiger partial charge is 1.00 e. The molecule has 2 nitrogen and oxygen atoms in total. The zero-order chi connectivity index (χ0) is 11.1. The molecule has 1 aliphatic rings. The van der Waals surface area contributed by atoms with Crippen LogP contribution in [0.5, 0.6) is 0 Å². The molecular weight excluding hydrogens is 223 g/mol. The molecule has 78 valence electrons. The molecule has 0 saturated carbocycles. The maximum absolute atomic E-state index is 11.0. The zero-order valence-corrected chi connectivity index (χ0v) is 11.6. The SMILES string of the molecule is O=C([O-])c1cccc2c1Cc1ccccc1-2.[Na+]. The predicted octanol–water partition coefficient (Wildman–Crippen LogP) is -1.37. The van der Waals surface area contributed by atoms with Crippen LogP contribution >= 0.6 is 0 Å². The summed E-state index contributed by atoms with van der Waals surface area (Å²) in [6.07, 6.45) is 0.690. The van der Waals surface area contributed by atoms with Crippen molar-refractivity contribution in [1.82, 2.24) is 0 Å². The molecule has 17 heavy (non-hydrogen) atoms. The molecular formula is C14H9NaO2. The van der Waals surface area contributed by atoms with Crippen LogP contribution in [-0.2, 0) is 6.42 Å². The number of carboxylic acids is 1. The third kappa shape index (κ3) is 1.93. The van der Waals surface area contributed by atoms with Crippen molar-refractivity contribution in [3.8, 4) is 11.1 Å². The van der Waals surface area contributed by atoms with E-state index in [0.717, 1.165) is 16.7 Å². The second-order valence-electron chi connectivity index (χ2n) is 3.95. The average molecular weight is 232 g/mol. The van der Waals surface area contributed by atoms with Crippen LogP contribution in [0.2, 0.25) is 0 Å². The second-order valence-corrected chi connectivity index (χ2v) is 3.95. The van der Waals surface area contributed by atoms with Gasteiger partial charge in [-0.25, -0.2) is 0 Å². The van der Waals surface area contributed by atoms with Crippen molar-refractivity contribution < 1.29 is 39.5 Å². The topological polar surface area (TPSA) is 40.1 Å². The van der Waals surface area contributed by atoms with Crippen LogP contribution in [0.1, 0.15) is 21.5 Å². The Hall–Kier alpha value is -1.09. The molecule has 1 aliphatic carbocycles. The van der Waals surface area contributed by atoms with Crippen molar-refractivity contribution in [2.75, 3.05) is 0 Å². The minimum absolute atomic E-state index is 0. The normalized spacial score (nSPS) is 11.3. The Balaban J connectivity index is 0.00000108. The fourth-order valence-electron chi connectivity index (χ4n) is 2.35. The minimum atomic E-state index is -1.09. The number of fused-ring (bicyclic) bond motifs is 3. The molecule has 3 rings (SSSR count). The van der Waals surface area contributed by atoms with E-state index >= 15 is 0 Å². The maximum atomic E-state index is 11.0. The fraction of sp³-hybridized carbons (Fsp3) is 0.0714. The molecule has 0 aliphatic heterocycles. The molecule has 0 aromatic heterocycles. The van der Waals surface area contributed by atoms with E-state index in [1.165, 1.54) is 5.56 Å². The molecule has 0 heterocycles. The van der Waals surface area contributed by atoms with E-state index in [9.17, 15) is 9.90 Å². The van der Waals surface area contributed by atoms with E-state index in [-0.39, 0.29) is 29.6 Å². The Labute approximate surface area is 122 Å². The summed E-state index contributed by atoms with van der Waals surface area (Å²) in [5.41, 5.74) is 4.54. The summed E-state index contributed by atoms with van der Waals surface area (Å²) in [4.78, 5) is 11.0. The van der Waals surface area contributed by atoms with Gasteiger partial charge in [-0.1, -0.05) is 42.5 Å². The summed E-state index contributed by atoms with van der Waals surface area (Å²) in [5.74, 6) is -1.09. The van der Waals surface area contributed by atoms with Crippen LogP contribution < -0.4 is 34.7 Å². The van der Waals surface area contributed by atoms with E-state index in [2.05, 4.69) is 0 Å². The van der Waals surface area contributed by atoms with Crippen molar-refractivity contribution >= 4 is 5.97 Å². The van der Waals surface area contributed by atoms with Gasteiger partial charge >= 0.3 is 29.6 Å². The van der Waals surface area contributed by atoms with Gasteiger partial charge in [0.25, 0.3) is 0 Å². The number of hydrogen-bond donors (Lipinski definition) is 0. The van der Waals surface area contributed by atoms with Crippen LogP contribution in [-0.4, -0.2) is 5.97 Å². The molecule has 0 amide bonds. The zero-order valence-electron chi connectivity index (χ0n) is 9.57. The Morgan fingerprint density at radius 3 is 2.47 bits per heavy atom. The number of carbonyl (C=O) groups excluding carboxylic acids is 1. The monoisotopic (exact) mass is 232 g/mol. The van der Waals surface area contributed by atoms with E-state index in [0.29, 0.717) is 12.0 Å². The van der Waals surface area contributed by atoms with Crippen LogP contribution in [0.4, 0.5) is 0 Å². The van der Waals surface area contributed by atoms with Gasteiger partial charge in [-0.3, -0.25) is 0 Å². The molecule has 0 spiro atoms. The summed E-state index contributed by atoms with van der Waals surface area (Å²) in [6, 6.07) is 13.4. The molecule has 0 N–H and O–H groups in total. The number of carboxylic acid groups (broad SMARTS) is 1. The van der Waals surface area contributed by atoms with Gasteiger partial charge in [0.2, 0.25) is 0 Å². The molecule has 3 heteroatoms. The molecule has 2 aromatic carbocycles. The first-order valence-corrected chi connectivity index (χ1v) is 5.19. The van der Waals surface area contributed by atoms with Gasteiger partial charge in [-0.05, 0) is 28.7 Å². The molecule has 0 saturated heterocycles. The Kier molecular flexibility index (Phi) is 3.38. The molecule has 0 fully saturated rings. The van der Waals surface area contributed by atoms with Crippen molar-refractivity contribution in [2.45, 2.75) is 6.42 Å². The van der Waals surface area contributed by atoms with E-state index in [1.54, 1.807) is 12.1 Å². The molecule has 0 bridgehead atoms. The van der Waals surface area contributed by atoms with Crippen LogP contribution in [0.25, 0.3) is 11.1 Å². The molecule has 2 aromatic rings. The summed E-state index contributed by atoms with van der Waals surface area (Å²) in [5, 5.41) is 11.0. The summed E-state index contributed by atoms with van der Waals surface area (Å²) in [7, 11) is 0. The van der Waals surface area contributed by atoms with Crippen molar-refractivity contribution in [3.05, 3.63) is 59.2 Å². The number of carbonyl (C=O) groups is 1. The van der Waals surface area contributed by atoms with Gasteiger partial charge in [-0.2, -0.15) is 0 Å². The van der Waals surface area contributed by atoms with Gasteiger partial charge < -0.3 is 9.90 Å². The van der Waals surface area contributed by atoms with Gasteiger partial charge in [0.15, 0.2) is 0 Å². The number of rotatable bonds is 1. The van der Waals surface area contributed by atoms with Crippen LogP contribution in [0, 0.1) is 0 Å². The van der Waals surface area contributed by atoms with Gasteiger partial charge in [0, 0.05) is 5.56 Å². The maximum Gasteiger partial charge on any atom is 1.00 e. The first kappa shape index (κ1) is 12.4. The smallest absolute Gasteiger partial charge is 0.545 e. The fourth-order valence-corrected chi connectivity index (χ4v) is 2.35. The number of hydrogen-bond acceptors (Lipinski definition) is 2. The van der Waals surface area contributed by atoms with Crippen LogP contribution in [0.15, 0.2) is 42.5 Å². The van der Waals surface area contributed by atoms with Crippen molar-refractivity contribution in [1.29, 1.82) is 0 Å². The molecule has 0 unspecified atom stereocenters. The Morgan fingerprint density at radius 2 is 1.71 bits per heavy atom. The van der Waals surface area contributed by atoms with E-state index in [1.807, 2.05) is 30.3 Å². The van der Waals surface area contributed by atoms with Crippen molar-refractivity contribution in [3.63, 3.8) is 0 Å². The number of aromatic carboxylic acids is 1. The molecule has 0 radical (unpaired) electrons. The van der Waals surface area contributed by atoms with E-state index in [4.69, 9.17) is 0 Å². The average Bonchev–Trinajstić information content (AvgIpc) is 2.67. The molecule has 0 atom stereocenters. The minimum Gasteiger partial charge on any atom is -0.545 e. The summed E-state index contributed by atoms with van der Waals surface area (Å²) in [6.45, 7) is 0. The first-order chi connectivity index (χ1) is 7.77. The van der Waals surface area contributed by atoms with Gasteiger partial charge in [0.05, 0.1) is 5.97 Å². The van der Waals surface area contributed by atoms with Crippen molar-refractivity contribution in [2.24, 2.45) is 0 Å². The Morgan fingerprint density at radius 1 is 1.00 bits per heavy atom. The summed E-state index contributed by atoms with van der Waals surface area (Å²) < 4.78 is 0. The third-order valence-electron chi connectivity index (χ3n) is 3.07. The van der Waals surface area contributed by atoms with Gasteiger partial charge in [-0.15, -0.1) is 0 Å². The van der Waals surface area contributed by atoms with Gasteiger partial charge in [0.1, 0.15) is 0 Å². The van der Waals surface area contributed by atoms with E-state index < -0.39 is 5.97 Å². The van der Waals surface area contributed by atoms with Crippen LogP contribution in [0.3, 0.4) is 0 Å². The quantitative estimate of drug-likeness (QED) is 0.485. The standard InChI is InChI=1S/C14H10O2.Na/c15-14(16)12-7-3-6-11-10-5-2-1-4-9(10)8-13(11)12;/h1-7H,8H2,(H,15,16);/q;+1/p-1. The second kappa shape index (κ2) is 4.65. The summed E-state index contributed by atoms with van der Waals surface area (Å²) >= 11 is 0. The number of benzene rings is 2. The Bertz CT molecular complexity index is 591. The predicted molar refractivity (Wildman–Crippen MR) is 59.0 cm³/mol.